The number of nitrogens with one attached hydrogen (secondary N) is 2. The first-order valence-corrected chi connectivity index (χ1v) is 12.0. The maximum absolute atomic E-state index is 12.5. The van der Waals surface area contributed by atoms with Gasteiger partial charge in [-0.3, -0.25) is 4.79 Å². The predicted octanol–water partition coefficient (Wildman–Crippen LogP) is 5.82. The summed E-state index contributed by atoms with van der Waals surface area (Å²) in [4.78, 5) is 12.5. The Morgan fingerprint density at radius 2 is 1.22 bits per heavy atom. The summed E-state index contributed by atoms with van der Waals surface area (Å²) in [7, 11) is 0. The fourth-order valence-electron chi connectivity index (χ4n) is 3.51. The normalized spacial score (nSPS) is 10.3. The van der Waals surface area contributed by atoms with E-state index in [1.807, 2.05) is 97.1 Å². The molecule has 4 aromatic rings. The average molecular weight is 483 g/mol. The van der Waals surface area contributed by atoms with Gasteiger partial charge in [0.05, 0.1) is 18.8 Å². The van der Waals surface area contributed by atoms with Gasteiger partial charge in [0.2, 0.25) is 5.91 Å². The number of ether oxygens (including phenoxy) is 3. The lowest BCUT2D eigenvalue weighted by molar-refractivity contribution is -0.114. The van der Waals surface area contributed by atoms with Crippen LogP contribution >= 0.6 is 0 Å². The molecule has 0 saturated heterocycles. The first kappa shape index (κ1) is 24.7. The molecule has 0 saturated carbocycles. The fraction of sp³-hybridized carbons (Fsp3) is 0.167. The van der Waals surface area contributed by atoms with Crippen molar-refractivity contribution >= 4 is 17.3 Å². The van der Waals surface area contributed by atoms with Gasteiger partial charge in [0, 0.05) is 12.1 Å². The Kier molecular flexibility index (Phi) is 9.21. The van der Waals surface area contributed by atoms with Gasteiger partial charge in [0.1, 0.15) is 30.5 Å². The fourth-order valence-corrected chi connectivity index (χ4v) is 3.51. The van der Waals surface area contributed by atoms with Crippen molar-refractivity contribution in [2.24, 2.45) is 0 Å². The van der Waals surface area contributed by atoms with E-state index in [-0.39, 0.29) is 12.5 Å². The summed E-state index contributed by atoms with van der Waals surface area (Å²) >= 11 is 0. The monoisotopic (exact) mass is 482 g/mol. The Morgan fingerprint density at radius 1 is 0.611 bits per heavy atom. The molecule has 6 heteroatoms. The zero-order chi connectivity index (χ0) is 24.8. The first-order valence-electron chi connectivity index (χ1n) is 12.0. The average Bonchev–Trinajstić information content (AvgIpc) is 2.93. The molecule has 0 aliphatic heterocycles. The summed E-state index contributed by atoms with van der Waals surface area (Å²) in [6.45, 7) is 1.51. The minimum atomic E-state index is -0.157. The van der Waals surface area contributed by atoms with E-state index in [9.17, 15) is 4.79 Å². The predicted molar refractivity (Wildman–Crippen MR) is 143 cm³/mol. The van der Waals surface area contributed by atoms with Gasteiger partial charge in [-0.25, -0.2) is 0 Å². The van der Waals surface area contributed by atoms with Crippen LogP contribution in [0.15, 0.2) is 109 Å². The Labute approximate surface area is 211 Å². The summed E-state index contributed by atoms with van der Waals surface area (Å²) in [6, 6.07) is 34.7. The van der Waals surface area contributed by atoms with Crippen LogP contribution < -0.4 is 24.8 Å². The summed E-state index contributed by atoms with van der Waals surface area (Å²) in [5, 5.41) is 6.04. The molecule has 2 N–H and O–H groups in total. The number of anilines is 2. The number of hydrogen-bond acceptors (Lipinski definition) is 5. The molecule has 0 aliphatic rings. The van der Waals surface area contributed by atoms with E-state index in [2.05, 4.69) is 22.8 Å². The minimum Gasteiger partial charge on any atom is -0.493 e. The second-order valence-electron chi connectivity index (χ2n) is 8.02. The van der Waals surface area contributed by atoms with Gasteiger partial charge in [0.25, 0.3) is 0 Å². The zero-order valence-electron chi connectivity index (χ0n) is 20.1. The van der Waals surface area contributed by atoms with E-state index in [4.69, 9.17) is 14.2 Å². The number of para-hydroxylation sites is 3. The van der Waals surface area contributed by atoms with Crippen LogP contribution in [0.4, 0.5) is 11.4 Å². The summed E-state index contributed by atoms with van der Waals surface area (Å²) in [6.07, 6.45) is 0.843. The third kappa shape index (κ3) is 8.09. The van der Waals surface area contributed by atoms with Crippen LogP contribution in [0, 0.1) is 0 Å². The summed E-state index contributed by atoms with van der Waals surface area (Å²) < 4.78 is 17.3. The maximum Gasteiger partial charge on any atom is 0.243 e. The number of rotatable bonds is 13. The molecule has 1 amide bonds. The highest BCUT2D eigenvalue weighted by Gasteiger charge is 2.07. The van der Waals surface area contributed by atoms with Crippen LogP contribution in [0.1, 0.15) is 5.56 Å². The molecule has 0 unspecified atom stereocenters. The molecule has 0 fully saturated rings. The molecular weight excluding hydrogens is 452 g/mol. The molecule has 4 rings (SSSR count). The lowest BCUT2D eigenvalue weighted by Crippen LogP contribution is -2.22. The highest BCUT2D eigenvalue weighted by atomic mass is 16.5. The standard InChI is InChI=1S/C30H30N2O4/c33-30(32-25-15-17-27(18-16-25)34-20-19-24-9-3-1-4-10-24)23-31-28-13-7-8-14-29(28)36-22-21-35-26-11-5-2-6-12-26/h1-18,31H,19-23H2,(H,32,33). The van der Waals surface area contributed by atoms with E-state index in [0.29, 0.717) is 31.3 Å². The number of benzene rings is 4. The van der Waals surface area contributed by atoms with Gasteiger partial charge in [-0.05, 0) is 54.1 Å². The van der Waals surface area contributed by atoms with Crippen molar-refractivity contribution in [2.45, 2.75) is 6.42 Å². The molecule has 0 spiro atoms. The quantitative estimate of drug-likeness (QED) is 0.235. The van der Waals surface area contributed by atoms with Crippen LogP contribution in [-0.4, -0.2) is 32.3 Å². The molecule has 36 heavy (non-hydrogen) atoms. The largest absolute Gasteiger partial charge is 0.493 e. The van der Waals surface area contributed by atoms with Crippen molar-refractivity contribution < 1.29 is 19.0 Å². The van der Waals surface area contributed by atoms with Crippen LogP contribution in [0.3, 0.4) is 0 Å². The van der Waals surface area contributed by atoms with Crippen molar-refractivity contribution in [2.75, 3.05) is 37.0 Å². The zero-order valence-corrected chi connectivity index (χ0v) is 20.1. The Morgan fingerprint density at radius 3 is 2.00 bits per heavy atom. The molecule has 0 aliphatic carbocycles. The van der Waals surface area contributed by atoms with E-state index < -0.39 is 0 Å². The van der Waals surface area contributed by atoms with Crippen molar-refractivity contribution in [3.05, 3.63) is 115 Å². The van der Waals surface area contributed by atoms with E-state index in [0.717, 1.165) is 23.6 Å². The lowest BCUT2D eigenvalue weighted by atomic mass is 10.2. The van der Waals surface area contributed by atoms with Gasteiger partial charge in [0.15, 0.2) is 0 Å². The van der Waals surface area contributed by atoms with Gasteiger partial charge in [-0.2, -0.15) is 0 Å². The minimum absolute atomic E-state index is 0.107. The summed E-state index contributed by atoms with van der Waals surface area (Å²) in [5.41, 5.74) is 2.69. The second-order valence-corrected chi connectivity index (χ2v) is 8.02. The maximum atomic E-state index is 12.5. The molecule has 0 radical (unpaired) electrons. The van der Waals surface area contributed by atoms with Crippen molar-refractivity contribution in [1.29, 1.82) is 0 Å². The molecular formula is C30H30N2O4. The number of amides is 1. The Bertz CT molecular complexity index is 1200. The number of hydrogen-bond donors (Lipinski definition) is 2. The van der Waals surface area contributed by atoms with Crippen LogP contribution in [0.2, 0.25) is 0 Å². The van der Waals surface area contributed by atoms with Crippen molar-refractivity contribution in [3.8, 4) is 17.2 Å². The van der Waals surface area contributed by atoms with Gasteiger partial charge in [-0.1, -0.05) is 60.7 Å². The van der Waals surface area contributed by atoms with E-state index >= 15 is 0 Å². The van der Waals surface area contributed by atoms with Crippen molar-refractivity contribution in [1.82, 2.24) is 0 Å². The molecule has 0 bridgehead atoms. The topological polar surface area (TPSA) is 68.8 Å². The van der Waals surface area contributed by atoms with Gasteiger partial charge in [-0.15, -0.1) is 0 Å². The van der Waals surface area contributed by atoms with E-state index in [1.165, 1.54) is 5.56 Å². The third-order valence-electron chi connectivity index (χ3n) is 5.32. The molecule has 0 atom stereocenters. The van der Waals surface area contributed by atoms with E-state index in [1.54, 1.807) is 0 Å². The Hall–Kier alpha value is -4.45. The second kappa shape index (κ2) is 13.4. The summed E-state index contributed by atoms with van der Waals surface area (Å²) in [5.74, 6) is 2.08. The molecule has 0 heterocycles. The number of carbonyl (C=O) groups excluding carboxylic acids is 1. The highest BCUT2D eigenvalue weighted by Crippen LogP contribution is 2.23. The molecule has 184 valence electrons. The smallest absolute Gasteiger partial charge is 0.243 e. The van der Waals surface area contributed by atoms with Gasteiger partial charge >= 0.3 is 0 Å². The molecule has 0 aromatic heterocycles. The Balaban J connectivity index is 1.18. The lowest BCUT2D eigenvalue weighted by Gasteiger charge is -2.14. The van der Waals surface area contributed by atoms with Crippen LogP contribution in [0.5, 0.6) is 17.2 Å². The van der Waals surface area contributed by atoms with Crippen molar-refractivity contribution in [3.63, 3.8) is 0 Å². The number of carbonyl (C=O) groups is 1. The first-order chi connectivity index (χ1) is 17.8. The van der Waals surface area contributed by atoms with Gasteiger partial charge < -0.3 is 24.8 Å². The molecule has 4 aromatic carbocycles. The van der Waals surface area contributed by atoms with Crippen LogP contribution in [-0.2, 0) is 11.2 Å². The SMILES string of the molecule is O=C(CNc1ccccc1OCCOc1ccccc1)Nc1ccc(OCCc2ccccc2)cc1. The third-order valence-corrected chi connectivity index (χ3v) is 5.32. The highest BCUT2D eigenvalue weighted by molar-refractivity contribution is 5.94. The van der Waals surface area contributed by atoms with Crippen LogP contribution in [0.25, 0.3) is 0 Å². The molecule has 6 nitrogen and oxygen atoms in total.